The average Bonchev–Trinajstić information content (AvgIpc) is 2.54. The lowest BCUT2D eigenvalue weighted by Gasteiger charge is -2.38. The molecule has 11 heteroatoms. The highest BCUT2D eigenvalue weighted by atomic mass is 19.4. The summed E-state index contributed by atoms with van der Waals surface area (Å²) in [4.78, 5) is 14.9. The number of aromatic amines is 1. The van der Waals surface area contributed by atoms with Gasteiger partial charge in [0.1, 0.15) is 6.61 Å². The first-order valence-electron chi connectivity index (χ1n) is 7.81. The molecule has 1 aromatic carbocycles. The molecule has 0 radical (unpaired) electrons. The molecule has 2 N–H and O–H groups in total. The van der Waals surface area contributed by atoms with Gasteiger partial charge in [0, 0.05) is 6.07 Å². The molecule has 0 spiro atoms. The largest absolute Gasteiger partial charge is 0.489 e. The molecule has 0 unspecified atom stereocenters. The van der Waals surface area contributed by atoms with Gasteiger partial charge < -0.3 is 19.7 Å². The lowest BCUT2D eigenvalue weighted by atomic mass is 10.0. The number of hydrogen-bond acceptors (Lipinski definition) is 4. The third-order valence-electron chi connectivity index (χ3n) is 4.30. The van der Waals surface area contributed by atoms with Crippen LogP contribution in [0.1, 0.15) is 12.5 Å². The summed E-state index contributed by atoms with van der Waals surface area (Å²) in [5.41, 5.74) is -2.39. The number of anilines is 1. The number of hydrogen-bond donors (Lipinski definition) is 2. The van der Waals surface area contributed by atoms with E-state index in [1.54, 1.807) is 0 Å². The molecule has 148 valence electrons. The van der Waals surface area contributed by atoms with Crippen LogP contribution in [0.2, 0.25) is 0 Å². The van der Waals surface area contributed by atoms with Gasteiger partial charge in [-0.05, 0) is 19.1 Å². The number of β-amino-alcohol motifs (C(OH)–C–C–N with tert-alkyl or cyclic N) is 1. The fourth-order valence-corrected chi connectivity index (χ4v) is 3.01. The Labute approximate surface area is 148 Å². The zero-order chi connectivity index (χ0) is 20.1. The van der Waals surface area contributed by atoms with E-state index in [2.05, 4.69) is 4.98 Å². The maximum atomic E-state index is 13.4. The van der Waals surface area contributed by atoms with Crippen molar-refractivity contribution in [1.82, 2.24) is 4.98 Å². The molecule has 1 aromatic heterocycles. The third-order valence-corrected chi connectivity index (χ3v) is 4.30. The Balaban J connectivity index is 2.20. The van der Waals surface area contributed by atoms with Crippen LogP contribution in [0, 0.1) is 0 Å². The first kappa shape index (κ1) is 19.3. The number of benzene rings is 1. The second-order valence-electron chi connectivity index (χ2n) is 6.25. The molecule has 2 atom stereocenters. The van der Waals surface area contributed by atoms with E-state index in [9.17, 15) is 36.2 Å². The number of nitrogens with zero attached hydrogens (tertiary/aromatic N) is 1. The minimum absolute atomic E-state index is 0.0258. The van der Waals surface area contributed by atoms with Crippen LogP contribution in [0.25, 0.3) is 10.9 Å². The standard InChI is InChI=1S/C16H14F6N2O3/c1-7-6-27-14-10(24(7)5-11(25)16(20,21)22)3-2-9-13(14)8(15(17,18)19)4-12(26)23-9/h2-4,7,11,25H,5-6H2,1H3,(H,23,26)/t7-,11-/m1/s1. The summed E-state index contributed by atoms with van der Waals surface area (Å²) in [5, 5.41) is 8.93. The highest BCUT2D eigenvalue weighted by Gasteiger charge is 2.42. The number of fused-ring (bicyclic) bond motifs is 3. The number of pyridine rings is 1. The van der Waals surface area contributed by atoms with Gasteiger partial charge in [-0.15, -0.1) is 0 Å². The van der Waals surface area contributed by atoms with E-state index in [-0.39, 0.29) is 23.6 Å². The Morgan fingerprint density at radius 2 is 1.96 bits per heavy atom. The van der Waals surface area contributed by atoms with Crippen LogP contribution in [0.4, 0.5) is 32.0 Å². The van der Waals surface area contributed by atoms with E-state index in [1.165, 1.54) is 19.1 Å². The van der Waals surface area contributed by atoms with Crippen LogP contribution in [0.15, 0.2) is 23.0 Å². The minimum atomic E-state index is -4.88. The number of alkyl halides is 6. The predicted octanol–water partition coefficient (Wildman–Crippen LogP) is 3.06. The van der Waals surface area contributed by atoms with E-state index >= 15 is 0 Å². The summed E-state index contributed by atoms with van der Waals surface area (Å²) in [7, 11) is 0. The van der Waals surface area contributed by atoms with Crippen LogP contribution in [0.5, 0.6) is 5.75 Å². The Morgan fingerprint density at radius 1 is 1.30 bits per heavy atom. The highest BCUT2D eigenvalue weighted by Crippen LogP contribution is 2.44. The fourth-order valence-electron chi connectivity index (χ4n) is 3.01. The Morgan fingerprint density at radius 3 is 2.56 bits per heavy atom. The zero-order valence-corrected chi connectivity index (χ0v) is 13.8. The SMILES string of the molecule is C[C@@H]1COc2c(ccc3[nH]c(=O)cc(C(F)(F)F)c23)N1C[C@@H](O)C(F)(F)F. The third kappa shape index (κ3) is 3.55. The average molecular weight is 396 g/mol. The molecular formula is C16H14F6N2O3. The van der Waals surface area contributed by atoms with Crippen molar-refractivity contribution in [2.75, 3.05) is 18.1 Å². The number of halogens is 6. The summed E-state index contributed by atoms with van der Waals surface area (Å²) in [6.45, 7) is 0.470. The van der Waals surface area contributed by atoms with Crippen LogP contribution < -0.4 is 15.2 Å². The van der Waals surface area contributed by atoms with Crippen molar-refractivity contribution >= 4 is 16.6 Å². The number of aromatic nitrogens is 1. The van der Waals surface area contributed by atoms with Crippen molar-refractivity contribution in [3.63, 3.8) is 0 Å². The molecule has 1 aliphatic rings. The van der Waals surface area contributed by atoms with Crippen LogP contribution in [-0.2, 0) is 6.18 Å². The topological polar surface area (TPSA) is 65.6 Å². The van der Waals surface area contributed by atoms with Gasteiger partial charge in [-0.2, -0.15) is 26.3 Å². The molecular weight excluding hydrogens is 382 g/mol. The summed E-state index contributed by atoms with van der Waals surface area (Å²) >= 11 is 0. The number of aliphatic hydroxyl groups is 1. The predicted molar refractivity (Wildman–Crippen MR) is 83.9 cm³/mol. The number of nitrogens with one attached hydrogen (secondary N) is 1. The Bertz CT molecular complexity index is 921. The van der Waals surface area contributed by atoms with Gasteiger partial charge in [-0.1, -0.05) is 0 Å². The van der Waals surface area contributed by atoms with Gasteiger partial charge in [0.15, 0.2) is 11.9 Å². The summed E-state index contributed by atoms with van der Waals surface area (Å²) < 4.78 is 83.8. The van der Waals surface area contributed by atoms with Gasteiger partial charge in [0.25, 0.3) is 0 Å². The van der Waals surface area contributed by atoms with Gasteiger partial charge in [0.2, 0.25) is 5.56 Å². The maximum Gasteiger partial charge on any atom is 0.417 e. The molecule has 0 fully saturated rings. The molecule has 0 saturated carbocycles. The highest BCUT2D eigenvalue weighted by molar-refractivity contribution is 5.94. The maximum absolute atomic E-state index is 13.4. The van der Waals surface area contributed by atoms with Crippen LogP contribution in [-0.4, -0.2) is 41.6 Å². The zero-order valence-electron chi connectivity index (χ0n) is 13.8. The molecule has 27 heavy (non-hydrogen) atoms. The molecule has 0 bridgehead atoms. The van der Waals surface area contributed by atoms with Gasteiger partial charge in [0.05, 0.1) is 34.7 Å². The van der Waals surface area contributed by atoms with Crippen molar-refractivity contribution in [2.24, 2.45) is 0 Å². The summed E-state index contributed by atoms with van der Waals surface area (Å²) in [6.07, 6.45) is -12.4. The van der Waals surface area contributed by atoms with Gasteiger partial charge in [-0.3, -0.25) is 4.79 Å². The van der Waals surface area contributed by atoms with Crippen molar-refractivity contribution in [1.29, 1.82) is 0 Å². The molecule has 2 aromatic rings. The smallest absolute Gasteiger partial charge is 0.417 e. The van der Waals surface area contributed by atoms with Gasteiger partial charge >= 0.3 is 12.4 Å². The molecule has 0 aliphatic carbocycles. The number of H-pyrrole nitrogens is 1. The molecule has 0 saturated heterocycles. The molecule has 5 nitrogen and oxygen atoms in total. The van der Waals surface area contributed by atoms with Gasteiger partial charge in [-0.25, -0.2) is 0 Å². The normalized spacial score (nSPS) is 19.0. The minimum Gasteiger partial charge on any atom is -0.489 e. The molecule has 2 heterocycles. The fraction of sp³-hybridized carbons (Fsp3) is 0.438. The molecule has 1 aliphatic heterocycles. The van der Waals surface area contributed by atoms with Crippen molar-refractivity contribution in [3.8, 4) is 5.75 Å². The van der Waals surface area contributed by atoms with E-state index in [1.807, 2.05) is 0 Å². The molecule has 3 rings (SSSR count). The number of ether oxygens (including phenoxy) is 1. The Kier molecular flexibility index (Phi) is 4.53. The monoisotopic (exact) mass is 396 g/mol. The van der Waals surface area contributed by atoms with E-state index in [4.69, 9.17) is 4.74 Å². The first-order valence-corrected chi connectivity index (χ1v) is 7.81. The summed E-state index contributed by atoms with van der Waals surface area (Å²) in [6, 6.07) is 2.17. The van der Waals surface area contributed by atoms with Crippen LogP contribution in [0.3, 0.4) is 0 Å². The second-order valence-corrected chi connectivity index (χ2v) is 6.25. The summed E-state index contributed by atoms with van der Waals surface area (Å²) in [5.74, 6) is -0.288. The first-order chi connectivity index (χ1) is 12.4. The number of rotatable bonds is 2. The van der Waals surface area contributed by atoms with E-state index < -0.39 is 47.6 Å². The number of aliphatic hydroxyl groups excluding tert-OH is 1. The van der Waals surface area contributed by atoms with Crippen molar-refractivity contribution in [2.45, 2.75) is 31.4 Å². The quantitative estimate of drug-likeness (QED) is 0.766. The van der Waals surface area contributed by atoms with Crippen molar-refractivity contribution < 1.29 is 36.2 Å². The Hall–Kier alpha value is -2.43. The lowest BCUT2D eigenvalue weighted by molar-refractivity contribution is -0.200. The van der Waals surface area contributed by atoms with E-state index in [0.717, 1.165) is 4.90 Å². The molecule has 0 amide bonds. The van der Waals surface area contributed by atoms with Crippen LogP contribution >= 0.6 is 0 Å². The van der Waals surface area contributed by atoms with E-state index in [0.29, 0.717) is 6.07 Å². The second kappa shape index (κ2) is 6.32. The lowest BCUT2D eigenvalue weighted by Crippen LogP contribution is -2.48. The van der Waals surface area contributed by atoms with Crippen molar-refractivity contribution in [3.05, 3.63) is 34.1 Å².